The lowest BCUT2D eigenvalue weighted by molar-refractivity contribution is -0.122. The number of carbonyl (C=O) groups excluding carboxylic acids is 1. The molecule has 4 heteroatoms. The molecule has 0 saturated carbocycles. The molecule has 0 amide bonds. The van der Waals surface area contributed by atoms with Gasteiger partial charge >= 0.3 is 0 Å². The lowest BCUT2D eigenvalue weighted by atomic mass is 10.1. The van der Waals surface area contributed by atoms with E-state index in [1.54, 1.807) is 0 Å². The number of benzene rings is 1. The third-order valence-corrected chi connectivity index (χ3v) is 2.58. The van der Waals surface area contributed by atoms with Crippen molar-refractivity contribution >= 4 is 6.29 Å². The fraction of sp³-hybridized carbons (Fsp3) is 0.417. The lowest BCUT2D eigenvalue weighted by Gasteiger charge is -2.17. The van der Waals surface area contributed by atoms with Crippen LogP contribution in [0.25, 0.3) is 0 Å². The van der Waals surface area contributed by atoms with Gasteiger partial charge in [-0.25, -0.2) is 0 Å². The van der Waals surface area contributed by atoms with Gasteiger partial charge in [-0.15, -0.1) is 0 Å². The van der Waals surface area contributed by atoms with Crippen molar-refractivity contribution in [2.75, 3.05) is 6.61 Å². The van der Waals surface area contributed by atoms with Crippen LogP contribution in [-0.2, 0) is 20.9 Å². The first-order valence-corrected chi connectivity index (χ1v) is 5.22. The largest absolute Gasteiger partial charge is 0.388 e. The van der Waals surface area contributed by atoms with E-state index >= 15 is 0 Å². The van der Waals surface area contributed by atoms with E-state index in [-0.39, 0.29) is 6.61 Å². The number of aldehydes is 1. The monoisotopic (exact) mass is 222 g/mol. The Morgan fingerprint density at radius 1 is 1.44 bits per heavy atom. The van der Waals surface area contributed by atoms with Gasteiger partial charge < -0.3 is 19.4 Å². The highest BCUT2D eigenvalue weighted by molar-refractivity contribution is 5.58. The summed E-state index contributed by atoms with van der Waals surface area (Å²) in [7, 11) is 0. The van der Waals surface area contributed by atoms with Crippen LogP contribution in [0.5, 0.6) is 0 Å². The Kier molecular flexibility index (Phi) is 3.66. The minimum absolute atomic E-state index is 0.156. The Bertz CT molecular complexity index is 338. The van der Waals surface area contributed by atoms with E-state index in [0.717, 1.165) is 5.56 Å². The number of ether oxygens (including phenoxy) is 2. The normalized spacial score (nSPS) is 29.2. The van der Waals surface area contributed by atoms with Gasteiger partial charge in [0.2, 0.25) is 0 Å². The first kappa shape index (κ1) is 11.3. The molecule has 1 aliphatic heterocycles. The van der Waals surface area contributed by atoms with Gasteiger partial charge in [0.25, 0.3) is 0 Å². The molecule has 1 fully saturated rings. The second-order valence-electron chi connectivity index (χ2n) is 3.76. The molecule has 1 heterocycles. The number of hydrogen-bond donors (Lipinski definition) is 1. The van der Waals surface area contributed by atoms with E-state index in [4.69, 9.17) is 9.47 Å². The van der Waals surface area contributed by atoms with Crippen molar-refractivity contribution in [1.82, 2.24) is 0 Å². The second-order valence-corrected chi connectivity index (χ2v) is 3.76. The molecule has 0 radical (unpaired) electrons. The maximum absolute atomic E-state index is 10.7. The van der Waals surface area contributed by atoms with Gasteiger partial charge in [-0.2, -0.15) is 0 Å². The smallest absolute Gasteiger partial charge is 0.151 e. The summed E-state index contributed by atoms with van der Waals surface area (Å²) in [4.78, 5) is 10.7. The Morgan fingerprint density at radius 2 is 2.19 bits per heavy atom. The molecule has 4 nitrogen and oxygen atoms in total. The maximum atomic E-state index is 10.7. The van der Waals surface area contributed by atoms with Crippen LogP contribution < -0.4 is 0 Å². The fourth-order valence-electron chi connectivity index (χ4n) is 1.71. The lowest BCUT2D eigenvalue weighted by Crippen LogP contribution is -2.33. The quantitative estimate of drug-likeness (QED) is 0.755. The van der Waals surface area contributed by atoms with Gasteiger partial charge in [0.05, 0.1) is 13.2 Å². The second kappa shape index (κ2) is 5.21. The van der Waals surface area contributed by atoms with Gasteiger partial charge in [-0.05, 0) is 5.56 Å². The van der Waals surface area contributed by atoms with E-state index in [1.807, 2.05) is 30.3 Å². The molecule has 0 unspecified atom stereocenters. The number of hydrogen-bond acceptors (Lipinski definition) is 4. The zero-order valence-electron chi connectivity index (χ0n) is 8.78. The van der Waals surface area contributed by atoms with E-state index in [1.165, 1.54) is 0 Å². The molecular weight excluding hydrogens is 208 g/mol. The molecule has 1 aliphatic rings. The van der Waals surface area contributed by atoms with Crippen LogP contribution in [0.1, 0.15) is 5.56 Å². The van der Waals surface area contributed by atoms with E-state index in [0.29, 0.717) is 12.9 Å². The molecular formula is C12H14O4. The molecule has 16 heavy (non-hydrogen) atoms. The molecule has 1 saturated heterocycles. The van der Waals surface area contributed by atoms with Crippen LogP contribution in [0.3, 0.4) is 0 Å². The Balaban J connectivity index is 1.92. The molecule has 1 N–H and O–H groups in total. The van der Waals surface area contributed by atoms with Crippen molar-refractivity contribution in [1.29, 1.82) is 0 Å². The molecule has 2 rings (SSSR count). The average molecular weight is 222 g/mol. The minimum atomic E-state index is -0.723. The summed E-state index contributed by atoms with van der Waals surface area (Å²) < 4.78 is 10.6. The summed E-state index contributed by atoms with van der Waals surface area (Å²) in [6.45, 7) is 0.527. The third kappa shape index (κ3) is 2.47. The van der Waals surface area contributed by atoms with Crippen LogP contribution in [0.2, 0.25) is 0 Å². The number of aliphatic hydroxyl groups excluding tert-OH is 1. The minimum Gasteiger partial charge on any atom is -0.388 e. The molecule has 1 aromatic rings. The molecule has 3 atom stereocenters. The average Bonchev–Trinajstić information content (AvgIpc) is 2.69. The van der Waals surface area contributed by atoms with Crippen LogP contribution in [0, 0.1) is 0 Å². The molecule has 0 bridgehead atoms. The predicted molar refractivity (Wildman–Crippen MR) is 56.8 cm³/mol. The number of rotatable bonds is 4. The molecule has 0 aromatic heterocycles. The molecule has 1 aromatic carbocycles. The Labute approximate surface area is 93.8 Å². The Morgan fingerprint density at radius 3 is 2.88 bits per heavy atom. The van der Waals surface area contributed by atoms with Crippen molar-refractivity contribution < 1.29 is 19.4 Å². The number of carbonyl (C=O) groups is 1. The zero-order chi connectivity index (χ0) is 11.4. The SMILES string of the molecule is O=C[C@@H]1OC[C@@H](O)[C@H]1OCc1ccccc1. The van der Waals surface area contributed by atoms with Crippen molar-refractivity contribution in [3.8, 4) is 0 Å². The van der Waals surface area contributed by atoms with E-state index in [9.17, 15) is 9.90 Å². The van der Waals surface area contributed by atoms with Crippen LogP contribution in [-0.4, -0.2) is 36.3 Å². The van der Waals surface area contributed by atoms with Crippen molar-refractivity contribution in [3.05, 3.63) is 35.9 Å². The highest BCUT2D eigenvalue weighted by Crippen LogP contribution is 2.18. The summed E-state index contributed by atoms with van der Waals surface area (Å²) in [5, 5.41) is 9.56. The van der Waals surface area contributed by atoms with E-state index < -0.39 is 18.3 Å². The van der Waals surface area contributed by atoms with Gasteiger partial charge in [0.1, 0.15) is 18.3 Å². The van der Waals surface area contributed by atoms with Gasteiger partial charge in [0, 0.05) is 0 Å². The topological polar surface area (TPSA) is 55.8 Å². The highest BCUT2D eigenvalue weighted by atomic mass is 16.6. The van der Waals surface area contributed by atoms with E-state index in [2.05, 4.69) is 0 Å². The maximum Gasteiger partial charge on any atom is 0.151 e. The summed E-state index contributed by atoms with van der Waals surface area (Å²) in [5.41, 5.74) is 1.01. The van der Waals surface area contributed by atoms with Crippen LogP contribution in [0.15, 0.2) is 30.3 Å². The first-order chi connectivity index (χ1) is 7.81. The van der Waals surface area contributed by atoms with Crippen molar-refractivity contribution in [2.24, 2.45) is 0 Å². The summed E-state index contributed by atoms with van der Waals surface area (Å²) in [6, 6.07) is 9.61. The zero-order valence-corrected chi connectivity index (χ0v) is 8.78. The third-order valence-electron chi connectivity index (χ3n) is 2.58. The Hall–Kier alpha value is -1.23. The summed E-state index contributed by atoms with van der Waals surface area (Å²) in [6.07, 6.45) is -1.26. The highest BCUT2D eigenvalue weighted by Gasteiger charge is 2.36. The van der Waals surface area contributed by atoms with Gasteiger partial charge in [-0.3, -0.25) is 0 Å². The number of aliphatic hydroxyl groups is 1. The molecule has 86 valence electrons. The first-order valence-electron chi connectivity index (χ1n) is 5.22. The molecule has 0 aliphatic carbocycles. The van der Waals surface area contributed by atoms with Crippen molar-refractivity contribution in [3.63, 3.8) is 0 Å². The molecule has 0 spiro atoms. The van der Waals surface area contributed by atoms with Crippen LogP contribution in [0.4, 0.5) is 0 Å². The van der Waals surface area contributed by atoms with Crippen LogP contribution >= 0.6 is 0 Å². The van der Waals surface area contributed by atoms with Gasteiger partial charge in [-0.1, -0.05) is 30.3 Å². The fourth-order valence-corrected chi connectivity index (χ4v) is 1.71. The standard InChI is InChI=1S/C12H14O4/c13-6-11-12(10(14)8-15-11)16-7-9-4-2-1-3-5-9/h1-6,10-12,14H,7-8H2/t10-,11+,12-/m1/s1. The predicted octanol–water partition coefficient (Wildman–Crippen LogP) is 0.530. The van der Waals surface area contributed by atoms with Gasteiger partial charge in [0.15, 0.2) is 6.29 Å². The summed E-state index contributed by atoms with van der Waals surface area (Å²) >= 11 is 0. The van der Waals surface area contributed by atoms with Crippen molar-refractivity contribution in [2.45, 2.75) is 24.9 Å². The summed E-state index contributed by atoms with van der Waals surface area (Å²) in [5.74, 6) is 0.